The van der Waals surface area contributed by atoms with Crippen molar-refractivity contribution in [2.45, 2.75) is 24.6 Å². The molecule has 1 fully saturated rings. The molecule has 4 heterocycles. The van der Waals surface area contributed by atoms with Crippen LogP contribution in [0.1, 0.15) is 34.1 Å². The first kappa shape index (κ1) is 14.5. The number of aryl methyl sites for hydroxylation is 1. The molecule has 1 amide bonds. The van der Waals surface area contributed by atoms with Crippen LogP contribution in [0.25, 0.3) is 0 Å². The van der Waals surface area contributed by atoms with Crippen molar-refractivity contribution in [1.82, 2.24) is 20.0 Å². The lowest BCUT2D eigenvalue weighted by atomic mass is 10.2. The van der Waals surface area contributed by atoms with Gasteiger partial charge in [-0.15, -0.1) is 5.10 Å². The van der Waals surface area contributed by atoms with Crippen molar-refractivity contribution >= 4 is 23.5 Å². The summed E-state index contributed by atoms with van der Waals surface area (Å²) in [5, 5.41) is 13.1. The lowest BCUT2D eigenvalue weighted by molar-refractivity contribution is 0.1000. The second kappa shape index (κ2) is 5.84. The minimum atomic E-state index is -0.441. The summed E-state index contributed by atoms with van der Waals surface area (Å²) in [5.74, 6) is 2.66. The molecule has 8 heteroatoms. The highest BCUT2D eigenvalue weighted by Gasteiger charge is 2.27. The molecule has 2 aromatic heterocycles. The Bertz CT molecular complexity index is 745. The Labute approximate surface area is 138 Å². The maximum atomic E-state index is 11.2. The van der Waals surface area contributed by atoms with E-state index in [0.717, 1.165) is 48.9 Å². The second-order valence-corrected chi connectivity index (χ2v) is 7.04. The predicted octanol–water partition coefficient (Wildman–Crippen LogP) is 1.01. The molecule has 0 saturated carbocycles. The number of fused-ring (bicyclic) bond motifs is 1. The van der Waals surface area contributed by atoms with Gasteiger partial charge in [0.15, 0.2) is 5.82 Å². The van der Waals surface area contributed by atoms with Crippen LogP contribution in [-0.2, 0) is 12.2 Å². The van der Waals surface area contributed by atoms with Gasteiger partial charge in [-0.25, -0.2) is 0 Å². The van der Waals surface area contributed by atoms with Crippen LogP contribution >= 0.6 is 11.8 Å². The van der Waals surface area contributed by atoms with E-state index in [1.807, 2.05) is 16.4 Å². The molecule has 0 aliphatic carbocycles. The molecule has 1 unspecified atom stereocenters. The van der Waals surface area contributed by atoms with Gasteiger partial charge in [0.25, 0.3) is 5.91 Å². The first-order valence-electron chi connectivity index (χ1n) is 7.73. The van der Waals surface area contributed by atoms with Crippen molar-refractivity contribution in [3.8, 4) is 0 Å². The molecule has 0 spiro atoms. The third-order valence-electron chi connectivity index (χ3n) is 4.44. The molecule has 2 aromatic rings. The van der Waals surface area contributed by atoms with Gasteiger partial charge in [-0.2, -0.15) is 22.0 Å². The molecule has 1 saturated heterocycles. The number of hydrogen-bond acceptors (Lipinski definition) is 6. The van der Waals surface area contributed by atoms with E-state index in [1.165, 1.54) is 11.8 Å². The average molecular weight is 330 g/mol. The molecule has 2 N–H and O–H groups in total. The van der Waals surface area contributed by atoms with Gasteiger partial charge < -0.3 is 10.6 Å². The summed E-state index contributed by atoms with van der Waals surface area (Å²) in [6.45, 7) is 1.73. The molecule has 1 atom stereocenters. The van der Waals surface area contributed by atoms with E-state index in [2.05, 4.69) is 26.3 Å². The van der Waals surface area contributed by atoms with Gasteiger partial charge in [0.2, 0.25) is 0 Å². The van der Waals surface area contributed by atoms with Gasteiger partial charge >= 0.3 is 0 Å². The molecule has 120 valence electrons. The molecule has 7 nitrogen and oxygen atoms in total. The molecule has 0 aromatic carbocycles. The number of carbonyl (C=O) groups is 1. The first-order valence-corrected chi connectivity index (χ1v) is 8.88. The van der Waals surface area contributed by atoms with Crippen molar-refractivity contribution in [3.05, 3.63) is 35.3 Å². The van der Waals surface area contributed by atoms with E-state index < -0.39 is 5.91 Å². The van der Waals surface area contributed by atoms with E-state index in [4.69, 9.17) is 5.73 Å². The minimum absolute atomic E-state index is 0.232. The number of nitrogens with zero attached hydrogens (tertiary/aromatic N) is 5. The summed E-state index contributed by atoms with van der Waals surface area (Å²) in [4.78, 5) is 13.4. The van der Waals surface area contributed by atoms with Crippen LogP contribution in [0.3, 0.4) is 0 Å². The number of primary amides is 1. The minimum Gasteiger partial charge on any atom is -0.366 e. The van der Waals surface area contributed by atoms with Crippen molar-refractivity contribution < 1.29 is 4.79 Å². The van der Waals surface area contributed by atoms with E-state index in [1.54, 1.807) is 6.20 Å². The monoisotopic (exact) mass is 330 g/mol. The smallest absolute Gasteiger partial charge is 0.251 e. The third kappa shape index (κ3) is 2.78. The molecule has 23 heavy (non-hydrogen) atoms. The third-order valence-corrected chi connectivity index (χ3v) is 5.44. The Balaban J connectivity index is 1.50. The van der Waals surface area contributed by atoms with E-state index >= 15 is 0 Å². The number of rotatable bonds is 3. The lowest BCUT2D eigenvalue weighted by Crippen LogP contribution is -2.23. The number of amides is 1. The molecule has 4 rings (SSSR count). The van der Waals surface area contributed by atoms with E-state index in [-0.39, 0.29) is 6.04 Å². The SMILES string of the molecule is NC(=O)c1cnn(C2CCN(c3cc4c(nn3)CCSC4)C2)c1. The number of aromatic nitrogens is 4. The van der Waals surface area contributed by atoms with Crippen LogP contribution < -0.4 is 10.6 Å². The molecule has 2 aliphatic heterocycles. The maximum Gasteiger partial charge on any atom is 0.251 e. The normalized spacial score (nSPS) is 20.5. The largest absolute Gasteiger partial charge is 0.366 e. The zero-order chi connectivity index (χ0) is 15.8. The average Bonchev–Trinajstić information content (AvgIpc) is 3.23. The van der Waals surface area contributed by atoms with Gasteiger partial charge in [0.05, 0.1) is 23.5 Å². The maximum absolute atomic E-state index is 11.2. The number of thioether (sulfide) groups is 1. The number of nitrogens with two attached hydrogens (primary N) is 1. The van der Waals surface area contributed by atoms with Crippen LogP contribution in [0.4, 0.5) is 5.82 Å². The summed E-state index contributed by atoms with van der Waals surface area (Å²) >= 11 is 1.95. The fraction of sp³-hybridized carbons (Fsp3) is 0.467. The van der Waals surface area contributed by atoms with Crippen molar-refractivity contribution in [2.24, 2.45) is 5.73 Å². The second-order valence-electron chi connectivity index (χ2n) is 5.94. The molecule has 2 aliphatic rings. The highest BCUT2D eigenvalue weighted by Crippen LogP contribution is 2.29. The number of anilines is 1. The molecular formula is C15H18N6OS. The highest BCUT2D eigenvalue weighted by molar-refractivity contribution is 7.98. The fourth-order valence-corrected chi connectivity index (χ4v) is 4.07. The first-order chi connectivity index (χ1) is 11.2. The summed E-state index contributed by atoms with van der Waals surface area (Å²) in [5.41, 5.74) is 8.19. The highest BCUT2D eigenvalue weighted by atomic mass is 32.2. The predicted molar refractivity (Wildman–Crippen MR) is 88.5 cm³/mol. The van der Waals surface area contributed by atoms with Gasteiger partial charge in [0, 0.05) is 31.5 Å². The Morgan fingerprint density at radius 2 is 2.30 bits per heavy atom. The van der Waals surface area contributed by atoms with Crippen molar-refractivity contribution in [3.63, 3.8) is 0 Å². The summed E-state index contributed by atoms with van der Waals surface area (Å²) in [6, 6.07) is 2.41. The molecule has 0 bridgehead atoms. The number of hydrogen-bond donors (Lipinski definition) is 1. The standard InChI is InChI=1S/C15H18N6OS/c16-15(22)11-6-17-21(7-11)12-1-3-20(8-12)14-5-10-9-23-4-2-13(10)18-19-14/h5-7,12H,1-4,8-9H2,(H2,16,22). The van der Waals surface area contributed by atoms with Crippen LogP contribution in [0.15, 0.2) is 18.5 Å². The Morgan fingerprint density at radius 1 is 1.39 bits per heavy atom. The Morgan fingerprint density at radius 3 is 3.13 bits per heavy atom. The Hall–Kier alpha value is -2.09. The van der Waals surface area contributed by atoms with Crippen molar-refractivity contribution in [1.29, 1.82) is 0 Å². The summed E-state index contributed by atoms with van der Waals surface area (Å²) in [6.07, 6.45) is 5.24. The Kier molecular flexibility index (Phi) is 3.68. The van der Waals surface area contributed by atoms with Crippen LogP contribution in [0.2, 0.25) is 0 Å². The fourth-order valence-electron chi connectivity index (χ4n) is 3.12. The molecular weight excluding hydrogens is 312 g/mol. The van der Waals surface area contributed by atoms with Crippen LogP contribution in [0, 0.1) is 0 Å². The van der Waals surface area contributed by atoms with Crippen LogP contribution in [0.5, 0.6) is 0 Å². The number of carbonyl (C=O) groups excluding carboxylic acids is 1. The quantitative estimate of drug-likeness (QED) is 0.903. The zero-order valence-electron chi connectivity index (χ0n) is 12.7. The van der Waals surface area contributed by atoms with Crippen molar-refractivity contribution in [2.75, 3.05) is 23.7 Å². The van der Waals surface area contributed by atoms with Crippen LogP contribution in [-0.4, -0.2) is 44.7 Å². The topological polar surface area (TPSA) is 89.9 Å². The van der Waals surface area contributed by atoms with E-state index in [0.29, 0.717) is 5.56 Å². The summed E-state index contributed by atoms with van der Waals surface area (Å²) < 4.78 is 1.84. The summed E-state index contributed by atoms with van der Waals surface area (Å²) in [7, 11) is 0. The zero-order valence-corrected chi connectivity index (χ0v) is 13.5. The van der Waals surface area contributed by atoms with Gasteiger partial charge in [-0.1, -0.05) is 0 Å². The van der Waals surface area contributed by atoms with Gasteiger partial charge in [-0.05, 0) is 23.8 Å². The lowest BCUT2D eigenvalue weighted by Gasteiger charge is -2.20. The van der Waals surface area contributed by atoms with Gasteiger partial charge in [-0.3, -0.25) is 9.48 Å². The van der Waals surface area contributed by atoms with Gasteiger partial charge in [0.1, 0.15) is 0 Å². The molecule has 0 radical (unpaired) electrons. The van der Waals surface area contributed by atoms with E-state index in [9.17, 15) is 4.79 Å².